The normalized spacial score (nSPS) is 11.6. The van der Waals surface area contributed by atoms with Gasteiger partial charge in [0, 0.05) is 13.6 Å². The Morgan fingerprint density at radius 1 is 1.47 bits per heavy atom. The smallest absolute Gasteiger partial charge is 0.276 e. The molecule has 6 heteroatoms. The van der Waals surface area contributed by atoms with Crippen molar-refractivity contribution >= 4 is 16.3 Å². The van der Waals surface area contributed by atoms with Gasteiger partial charge in [0.15, 0.2) is 12.0 Å². The number of rotatable bonds is 7. The molecule has 0 radical (unpaired) electrons. The largest absolute Gasteiger partial charge is 0.440 e. The summed E-state index contributed by atoms with van der Waals surface area (Å²) in [6, 6.07) is 2.61. The fourth-order valence-electron chi connectivity index (χ4n) is 1.27. The summed E-state index contributed by atoms with van der Waals surface area (Å²) in [4.78, 5) is 10.4. The molecule has 5 nitrogen and oxygen atoms in total. The van der Waals surface area contributed by atoms with E-state index < -0.39 is 10.0 Å². The zero-order valence-electron chi connectivity index (χ0n) is 9.63. The first kappa shape index (κ1) is 13.7. The van der Waals surface area contributed by atoms with Crippen LogP contribution in [-0.2, 0) is 10.0 Å². The van der Waals surface area contributed by atoms with Gasteiger partial charge in [0.25, 0.3) is 10.0 Å². The second kappa shape index (κ2) is 5.79. The van der Waals surface area contributed by atoms with E-state index >= 15 is 0 Å². The number of carbonyl (C=O) groups excluding carboxylic acids is 1. The molecule has 0 saturated carbocycles. The molecule has 0 fully saturated rings. The molecule has 0 saturated heterocycles. The minimum absolute atomic E-state index is 0.00284. The molecule has 1 heterocycles. The molecule has 0 aliphatic carbocycles. The van der Waals surface area contributed by atoms with Crippen LogP contribution in [0, 0.1) is 0 Å². The highest BCUT2D eigenvalue weighted by molar-refractivity contribution is 7.89. The molecule has 1 aromatic heterocycles. The number of furan rings is 1. The number of unbranched alkanes of at least 4 members (excludes halogenated alkanes) is 1. The van der Waals surface area contributed by atoms with Crippen LogP contribution in [0.25, 0.3) is 0 Å². The van der Waals surface area contributed by atoms with Gasteiger partial charge in [-0.05, 0) is 25.0 Å². The van der Waals surface area contributed by atoms with E-state index in [4.69, 9.17) is 4.42 Å². The zero-order valence-corrected chi connectivity index (χ0v) is 10.4. The molecule has 0 unspecified atom stereocenters. The lowest BCUT2D eigenvalue weighted by Crippen LogP contribution is -2.27. The minimum Gasteiger partial charge on any atom is -0.440 e. The molecule has 0 bridgehead atoms. The van der Waals surface area contributed by atoms with E-state index in [1.54, 1.807) is 6.08 Å². The first-order valence-corrected chi connectivity index (χ1v) is 6.58. The first-order chi connectivity index (χ1) is 8.02. The summed E-state index contributed by atoms with van der Waals surface area (Å²) in [6.07, 6.45) is 3.65. The number of carbonyl (C=O) groups is 1. The number of aldehydes is 1. The van der Waals surface area contributed by atoms with E-state index in [1.165, 1.54) is 23.5 Å². The SMILES string of the molecule is C=CCCCN(C)S(=O)(=O)c1ccc(C=O)o1. The summed E-state index contributed by atoms with van der Waals surface area (Å²) < 4.78 is 30.0. The van der Waals surface area contributed by atoms with Gasteiger partial charge in [0.05, 0.1) is 0 Å². The summed E-state index contributed by atoms with van der Waals surface area (Å²) in [5, 5.41) is -0.208. The number of allylic oxidation sites excluding steroid dienone is 1. The third-order valence-corrected chi connectivity index (χ3v) is 4.00. The van der Waals surface area contributed by atoms with Crippen molar-refractivity contribution in [1.29, 1.82) is 0 Å². The average Bonchev–Trinajstić information content (AvgIpc) is 2.78. The van der Waals surface area contributed by atoms with Crippen molar-refractivity contribution < 1.29 is 17.6 Å². The van der Waals surface area contributed by atoms with E-state index in [0.717, 1.165) is 6.42 Å². The second-order valence-corrected chi connectivity index (χ2v) is 5.51. The van der Waals surface area contributed by atoms with Gasteiger partial charge in [-0.15, -0.1) is 6.58 Å². The van der Waals surface area contributed by atoms with Crippen molar-refractivity contribution in [2.45, 2.75) is 17.9 Å². The maximum Gasteiger partial charge on any atom is 0.276 e. The van der Waals surface area contributed by atoms with Crippen LogP contribution in [0.3, 0.4) is 0 Å². The van der Waals surface area contributed by atoms with Crippen molar-refractivity contribution in [1.82, 2.24) is 4.31 Å². The van der Waals surface area contributed by atoms with Gasteiger partial charge in [-0.2, -0.15) is 4.31 Å². The molecular weight excluding hydrogens is 242 g/mol. The van der Waals surface area contributed by atoms with Crippen LogP contribution in [-0.4, -0.2) is 32.6 Å². The van der Waals surface area contributed by atoms with Gasteiger partial charge in [0.1, 0.15) is 0 Å². The Morgan fingerprint density at radius 3 is 2.71 bits per heavy atom. The zero-order chi connectivity index (χ0) is 12.9. The molecule has 0 aliphatic heterocycles. The molecular formula is C11H15NO4S. The van der Waals surface area contributed by atoms with Crippen LogP contribution in [0.2, 0.25) is 0 Å². The lowest BCUT2D eigenvalue weighted by atomic mass is 10.3. The lowest BCUT2D eigenvalue weighted by molar-refractivity contribution is 0.109. The first-order valence-electron chi connectivity index (χ1n) is 5.14. The Bertz CT molecular complexity index is 489. The second-order valence-electron chi connectivity index (χ2n) is 3.53. The summed E-state index contributed by atoms with van der Waals surface area (Å²) in [5.74, 6) is 0.00284. The molecule has 0 N–H and O–H groups in total. The van der Waals surface area contributed by atoms with E-state index in [-0.39, 0.29) is 10.9 Å². The fraction of sp³-hybridized carbons (Fsp3) is 0.364. The van der Waals surface area contributed by atoms with Crippen LogP contribution in [0.1, 0.15) is 23.4 Å². The summed E-state index contributed by atoms with van der Waals surface area (Å²) >= 11 is 0. The van der Waals surface area contributed by atoms with Gasteiger partial charge < -0.3 is 4.42 Å². The highest BCUT2D eigenvalue weighted by atomic mass is 32.2. The van der Waals surface area contributed by atoms with Crippen molar-refractivity contribution in [2.75, 3.05) is 13.6 Å². The van der Waals surface area contributed by atoms with Crippen molar-refractivity contribution in [2.24, 2.45) is 0 Å². The van der Waals surface area contributed by atoms with Crippen LogP contribution >= 0.6 is 0 Å². The van der Waals surface area contributed by atoms with Gasteiger partial charge in [-0.25, -0.2) is 8.42 Å². The van der Waals surface area contributed by atoms with Gasteiger partial charge >= 0.3 is 0 Å². The molecule has 0 amide bonds. The van der Waals surface area contributed by atoms with Gasteiger partial charge in [-0.1, -0.05) is 6.08 Å². The minimum atomic E-state index is -3.64. The maximum atomic E-state index is 11.9. The highest BCUT2D eigenvalue weighted by Gasteiger charge is 2.23. The third kappa shape index (κ3) is 3.28. The topological polar surface area (TPSA) is 67.6 Å². The number of nitrogens with zero attached hydrogens (tertiary/aromatic N) is 1. The molecule has 1 rings (SSSR count). The number of hydrogen-bond acceptors (Lipinski definition) is 4. The van der Waals surface area contributed by atoms with Crippen LogP contribution in [0.4, 0.5) is 0 Å². The average molecular weight is 257 g/mol. The Balaban J connectivity index is 2.79. The summed E-state index contributed by atoms with van der Waals surface area (Å²) in [7, 11) is -2.16. The quantitative estimate of drug-likeness (QED) is 0.423. The highest BCUT2D eigenvalue weighted by Crippen LogP contribution is 2.17. The van der Waals surface area contributed by atoms with Crippen LogP contribution in [0.5, 0.6) is 0 Å². The molecule has 0 atom stereocenters. The molecule has 94 valence electrons. The van der Waals surface area contributed by atoms with E-state index in [0.29, 0.717) is 19.3 Å². The van der Waals surface area contributed by atoms with Gasteiger partial charge in [0.2, 0.25) is 5.09 Å². The van der Waals surface area contributed by atoms with Crippen LogP contribution in [0.15, 0.2) is 34.3 Å². The van der Waals surface area contributed by atoms with Crippen molar-refractivity contribution in [3.05, 3.63) is 30.5 Å². The maximum absolute atomic E-state index is 11.9. The van der Waals surface area contributed by atoms with Crippen molar-refractivity contribution in [3.8, 4) is 0 Å². The Morgan fingerprint density at radius 2 is 2.18 bits per heavy atom. The predicted octanol–water partition coefficient (Wildman–Crippen LogP) is 1.68. The molecule has 1 aromatic rings. The fourth-order valence-corrected chi connectivity index (χ4v) is 2.39. The monoisotopic (exact) mass is 257 g/mol. The van der Waals surface area contributed by atoms with E-state index in [2.05, 4.69) is 6.58 Å². The summed E-state index contributed by atoms with van der Waals surface area (Å²) in [5.41, 5.74) is 0. The molecule has 0 aromatic carbocycles. The van der Waals surface area contributed by atoms with Crippen molar-refractivity contribution in [3.63, 3.8) is 0 Å². The Kier molecular flexibility index (Phi) is 4.65. The number of sulfonamides is 1. The van der Waals surface area contributed by atoms with E-state index in [1.807, 2.05) is 0 Å². The number of hydrogen-bond donors (Lipinski definition) is 0. The molecule has 0 spiro atoms. The summed E-state index contributed by atoms with van der Waals surface area (Å²) in [6.45, 7) is 3.95. The molecule has 17 heavy (non-hydrogen) atoms. The predicted molar refractivity (Wildman–Crippen MR) is 63.3 cm³/mol. The Hall–Kier alpha value is -1.40. The Labute approximate surface area is 101 Å². The third-order valence-electron chi connectivity index (χ3n) is 2.26. The van der Waals surface area contributed by atoms with Gasteiger partial charge in [-0.3, -0.25) is 4.79 Å². The van der Waals surface area contributed by atoms with Crippen LogP contribution < -0.4 is 0 Å². The molecule has 0 aliphatic rings. The lowest BCUT2D eigenvalue weighted by Gasteiger charge is -2.14. The standard InChI is InChI=1S/C11H15NO4S/c1-3-4-5-8-12(2)17(14,15)11-7-6-10(9-13)16-11/h3,6-7,9H,1,4-5,8H2,2H3. The van der Waals surface area contributed by atoms with E-state index in [9.17, 15) is 13.2 Å².